The zero-order valence-corrected chi connectivity index (χ0v) is 21.4. The summed E-state index contributed by atoms with van der Waals surface area (Å²) in [4.78, 5) is 37.2. The Kier molecular flexibility index (Phi) is 7.50. The van der Waals surface area contributed by atoms with Crippen molar-refractivity contribution < 1.29 is 9.59 Å². The molecule has 1 aromatic carbocycles. The maximum absolute atomic E-state index is 12.9. The number of rotatable bonds is 7. The molecule has 184 valence electrons. The molecule has 1 saturated heterocycles. The summed E-state index contributed by atoms with van der Waals surface area (Å²) in [6.45, 7) is 7.59. The minimum atomic E-state index is -0.0535. The van der Waals surface area contributed by atoms with Crippen LogP contribution in [0.25, 0.3) is 10.4 Å². The fraction of sp³-hybridized carbons (Fsp3) is 0.407. The molecule has 0 atom stereocenters. The third kappa shape index (κ3) is 6.25. The molecule has 0 saturated carbocycles. The number of carbonyl (C=O) groups excluding carboxylic acids is 2. The van der Waals surface area contributed by atoms with Gasteiger partial charge in [0.25, 0.3) is 0 Å². The van der Waals surface area contributed by atoms with E-state index in [9.17, 15) is 9.59 Å². The van der Waals surface area contributed by atoms with Crippen LogP contribution >= 0.6 is 11.3 Å². The molecule has 1 aliphatic rings. The molecule has 3 heterocycles. The van der Waals surface area contributed by atoms with Gasteiger partial charge >= 0.3 is 6.03 Å². The Morgan fingerprint density at radius 3 is 2.51 bits per heavy atom. The minimum absolute atomic E-state index is 0.00253. The predicted molar refractivity (Wildman–Crippen MR) is 141 cm³/mol. The van der Waals surface area contributed by atoms with Crippen molar-refractivity contribution in [2.24, 2.45) is 5.41 Å². The number of nitrogens with two attached hydrogens (primary N) is 1. The number of Topliss-reactive ketones (excluding diaryl/α,β-unsaturated/α-hetero) is 1. The Hall–Kier alpha value is -3.26. The highest BCUT2D eigenvalue weighted by molar-refractivity contribution is 7.13. The van der Waals surface area contributed by atoms with Gasteiger partial charge in [-0.1, -0.05) is 19.1 Å². The molecular formula is C27H33N5O2S. The normalized spacial score (nSPS) is 15.3. The number of benzene rings is 1. The smallest absolute Gasteiger partial charge is 0.317 e. The Balaban J connectivity index is 1.36. The molecule has 0 aliphatic carbocycles. The van der Waals surface area contributed by atoms with Crippen molar-refractivity contribution in [3.63, 3.8) is 0 Å². The number of amides is 2. The zero-order chi connectivity index (χ0) is 25.0. The highest BCUT2D eigenvalue weighted by atomic mass is 32.1. The van der Waals surface area contributed by atoms with E-state index in [1.807, 2.05) is 48.4 Å². The number of hydrogen-bond acceptors (Lipinski definition) is 6. The summed E-state index contributed by atoms with van der Waals surface area (Å²) in [5, 5.41) is 4.99. The van der Waals surface area contributed by atoms with Crippen LogP contribution in [0.5, 0.6) is 0 Å². The SMILES string of the molecule is CC(C)NC(=O)N1CCC(C)(Cc2ncc(C(=O)Cc3cc(-c4cccs4)ccc3N)cn2)CC1. The number of ketones is 1. The lowest BCUT2D eigenvalue weighted by atomic mass is 9.77. The molecule has 3 N–H and O–H groups in total. The van der Waals surface area contributed by atoms with Gasteiger partial charge in [0.05, 0.1) is 5.56 Å². The number of carbonyl (C=O) groups is 2. The second-order valence-electron chi connectivity index (χ2n) is 9.96. The Bertz CT molecular complexity index is 1170. The molecule has 0 unspecified atom stereocenters. The molecule has 0 bridgehead atoms. The van der Waals surface area contributed by atoms with Crippen LogP contribution < -0.4 is 11.1 Å². The molecule has 1 fully saturated rings. The first kappa shape index (κ1) is 24.9. The van der Waals surface area contributed by atoms with Gasteiger partial charge in [-0.2, -0.15) is 0 Å². The molecule has 1 aliphatic heterocycles. The van der Waals surface area contributed by atoms with Crippen LogP contribution in [0.15, 0.2) is 48.1 Å². The quantitative estimate of drug-likeness (QED) is 0.359. The first-order valence-corrected chi connectivity index (χ1v) is 12.9. The van der Waals surface area contributed by atoms with Crippen LogP contribution in [0, 0.1) is 5.41 Å². The maximum atomic E-state index is 12.9. The number of likely N-dealkylation sites (tertiary alicyclic amines) is 1. The van der Waals surface area contributed by atoms with Crippen molar-refractivity contribution in [1.29, 1.82) is 0 Å². The van der Waals surface area contributed by atoms with E-state index in [1.54, 1.807) is 23.7 Å². The van der Waals surface area contributed by atoms with Crippen molar-refractivity contribution in [3.8, 4) is 10.4 Å². The number of thiophene rings is 1. The number of anilines is 1. The van der Waals surface area contributed by atoms with E-state index in [4.69, 9.17) is 5.73 Å². The number of nitrogen functional groups attached to an aromatic ring is 1. The van der Waals surface area contributed by atoms with Gasteiger partial charge < -0.3 is 16.0 Å². The summed E-state index contributed by atoms with van der Waals surface area (Å²) in [7, 11) is 0. The summed E-state index contributed by atoms with van der Waals surface area (Å²) < 4.78 is 0. The van der Waals surface area contributed by atoms with E-state index < -0.39 is 0 Å². The Morgan fingerprint density at radius 2 is 1.89 bits per heavy atom. The predicted octanol–water partition coefficient (Wildman–Crippen LogP) is 4.98. The largest absolute Gasteiger partial charge is 0.398 e. The average Bonchev–Trinajstić information content (AvgIpc) is 3.36. The molecule has 4 rings (SSSR count). The van der Waals surface area contributed by atoms with E-state index >= 15 is 0 Å². The van der Waals surface area contributed by atoms with Crippen LogP contribution in [0.4, 0.5) is 10.5 Å². The number of hydrogen-bond donors (Lipinski definition) is 2. The molecular weight excluding hydrogens is 458 g/mol. The minimum Gasteiger partial charge on any atom is -0.398 e. The van der Waals surface area contributed by atoms with Crippen LogP contribution in [0.3, 0.4) is 0 Å². The average molecular weight is 492 g/mol. The standard InChI is InChI=1S/C27H33N5O2S/c1-18(2)31-26(34)32-10-8-27(3,9-11-32)15-25-29-16-21(17-30-25)23(33)14-20-13-19(6-7-22(20)28)24-5-4-12-35-24/h4-7,12-13,16-18H,8-11,14-15,28H2,1-3H3,(H,31,34). The number of urea groups is 1. The van der Waals surface area contributed by atoms with Crippen molar-refractivity contribution in [3.05, 3.63) is 65.1 Å². The van der Waals surface area contributed by atoms with E-state index in [0.29, 0.717) is 11.3 Å². The van der Waals surface area contributed by atoms with Gasteiger partial charge in [-0.15, -0.1) is 11.3 Å². The molecule has 35 heavy (non-hydrogen) atoms. The third-order valence-electron chi connectivity index (χ3n) is 6.58. The lowest BCUT2D eigenvalue weighted by Gasteiger charge is -2.39. The first-order valence-electron chi connectivity index (χ1n) is 12.0. The van der Waals surface area contributed by atoms with Crippen LogP contribution in [-0.2, 0) is 12.8 Å². The second kappa shape index (κ2) is 10.6. The summed E-state index contributed by atoms with van der Waals surface area (Å²) in [5.74, 6) is 0.672. The Morgan fingerprint density at radius 1 is 1.17 bits per heavy atom. The maximum Gasteiger partial charge on any atom is 0.317 e. The highest BCUT2D eigenvalue weighted by Crippen LogP contribution is 2.34. The van der Waals surface area contributed by atoms with Crippen LogP contribution in [-0.4, -0.2) is 45.8 Å². The van der Waals surface area contributed by atoms with Crippen LogP contribution in [0.1, 0.15) is 55.4 Å². The fourth-order valence-electron chi connectivity index (χ4n) is 4.37. The molecule has 7 nitrogen and oxygen atoms in total. The molecule has 0 spiro atoms. The first-order chi connectivity index (χ1) is 16.7. The van der Waals surface area contributed by atoms with Gasteiger partial charge in [0.1, 0.15) is 5.82 Å². The van der Waals surface area contributed by atoms with E-state index in [1.165, 1.54) is 0 Å². The number of nitrogens with one attached hydrogen (secondary N) is 1. The van der Waals surface area contributed by atoms with Gasteiger partial charge in [-0.25, -0.2) is 14.8 Å². The molecule has 2 amide bonds. The molecule has 8 heteroatoms. The van der Waals surface area contributed by atoms with Crippen molar-refractivity contribution >= 4 is 28.8 Å². The fourth-order valence-corrected chi connectivity index (χ4v) is 5.09. The molecule has 3 aromatic rings. The third-order valence-corrected chi connectivity index (χ3v) is 7.50. The van der Waals surface area contributed by atoms with Gasteiger partial charge in [0.2, 0.25) is 0 Å². The summed E-state index contributed by atoms with van der Waals surface area (Å²) in [6, 6.07) is 10.0. The van der Waals surface area contributed by atoms with Gasteiger partial charge in [0.15, 0.2) is 5.78 Å². The highest BCUT2D eigenvalue weighted by Gasteiger charge is 2.33. The van der Waals surface area contributed by atoms with Gasteiger partial charge in [-0.05, 0) is 66.8 Å². The van der Waals surface area contributed by atoms with Crippen molar-refractivity contribution in [1.82, 2.24) is 20.2 Å². The number of piperidine rings is 1. The van der Waals surface area contributed by atoms with E-state index in [-0.39, 0.29) is 29.7 Å². The Labute approximate surface area is 210 Å². The lowest BCUT2D eigenvalue weighted by Crippen LogP contribution is -2.48. The van der Waals surface area contributed by atoms with E-state index in [0.717, 1.165) is 54.2 Å². The van der Waals surface area contributed by atoms with Crippen molar-refractivity contribution in [2.75, 3.05) is 18.8 Å². The van der Waals surface area contributed by atoms with Crippen molar-refractivity contribution in [2.45, 2.75) is 52.5 Å². The summed E-state index contributed by atoms with van der Waals surface area (Å²) >= 11 is 1.66. The molecule has 0 radical (unpaired) electrons. The lowest BCUT2D eigenvalue weighted by molar-refractivity contribution is 0.0992. The zero-order valence-electron chi connectivity index (χ0n) is 20.6. The monoisotopic (exact) mass is 491 g/mol. The topological polar surface area (TPSA) is 101 Å². The molecule has 2 aromatic heterocycles. The van der Waals surface area contributed by atoms with E-state index in [2.05, 4.69) is 28.3 Å². The summed E-state index contributed by atoms with van der Waals surface area (Å²) in [6.07, 6.45) is 5.96. The number of nitrogens with zero attached hydrogens (tertiary/aromatic N) is 3. The van der Waals surface area contributed by atoms with Gasteiger partial charge in [-0.3, -0.25) is 4.79 Å². The number of aromatic nitrogens is 2. The van der Waals surface area contributed by atoms with Crippen LogP contribution in [0.2, 0.25) is 0 Å². The summed E-state index contributed by atoms with van der Waals surface area (Å²) in [5.41, 5.74) is 9.15. The van der Waals surface area contributed by atoms with Gasteiger partial charge in [0, 0.05) is 54.9 Å². The second-order valence-corrected chi connectivity index (χ2v) is 10.9.